The highest BCUT2D eigenvalue weighted by Crippen LogP contribution is 2.20. The van der Waals surface area contributed by atoms with Crippen LogP contribution >= 0.6 is 0 Å². The largest absolute Gasteiger partial charge is 0.444 e. The fourth-order valence-corrected chi connectivity index (χ4v) is 3.12. The van der Waals surface area contributed by atoms with E-state index in [0.29, 0.717) is 25.6 Å². The van der Waals surface area contributed by atoms with Crippen molar-refractivity contribution < 1.29 is 14.3 Å². The van der Waals surface area contributed by atoms with Crippen molar-refractivity contribution in [3.63, 3.8) is 0 Å². The number of amides is 2. The number of hydrogen-bond donors (Lipinski definition) is 2. The molecule has 1 saturated heterocycles. The maximum Gasteiger partial charge on any atom is 0.410 e. The molecule has 2 N–H and O–H groups in total. The maximum absolute atomic E-state index is 12.3. The molecule has 0 spiro atoms. The van der Waals surface area contributed by atoms with Crippen LogP contribution in [0.15, 0.2) is 4.99 Å². The van der Waals surface area contributed by atoms with Gasteiger partial charge >= 0.3 is 6.09 Å². The number of nitrogens with zero attached hydrogens (tertiary/aromatic N) is 3. The van der Waals surface area contributed by atoms with E-state index in [1.807, 2.05) is 34.6 Å². The van der Waals surface area contributed by atoms with E-state index in [4.69, 9.17) is 4.74 Å². The summed E-state index contributed by atoms with van der Waals surface area (Å²) in [6, 6.07) is 0. The van der Waals surface area contributed by atoms with E-state index in [-0.39, 0.29) is 18.5 Å². The SMILES string of the molecule is CCCNC(=O)CNC(=NC)N1CCC(CN(CC)C(=O)OC(C)(C)C)CC1. The molecule has 0 saturated carbocycles. The lowest BCUT2D eigenvalue weighted by atomic mass is 9.96. The Morgan fingerprint density at radius 3 is 2.32 bits per heavy atom. The summed E-state index contributed by atoms with van der Waals surface area (Å²) in [6.07, 6.45) is 2.63. The molecule has 8 heteroatoms. The molecule has 0 aromatic heterocycles. The summed E-state index contributed by atoms with van der Waals surface area (Å²) in [5.74, 6) is 1.17. The van der Waals surface area contributed by atoms with Crippen LogP contribution in [0, 0.1) is 5.92 Å². The standard InChI is InChI=1S/C20H39N5O3/c1-7-11-22-17(26)14-23-18(21-6)25-12-9-16(10-13-25)15-24(8-2)19(27)28-20(3,4)5/h16H,7-15H2,1-6H3,(H,21,23)(H,22,26). The molecule has 8 nitrogen and oxygen atoms in total. The second kappa shape index (κ2) is 11.8. The molecule has 0 bridgehead atoms. The van der Waals surface area contributed by atoms with E-state index >= 15 is 0 Å². The number of carbonyl (C=O) groups excluding carboxylic acids is 2. The van der Waals surface area contributed by atoms with Crippen LogP contribution < -0.4 is 10.6 Å². The summed E-state index contributed by atoms with van der Waals surface area (Å²) in [5, 5.41) is 5.99. The number of hydrogen-bond acceptors (Lipinski definition) is 4. The Bertz CT molecular complexity index is 522. The number of guanidine groups is 1. The molecular weight excluding hydrogens is 358 g/mol. The monoisotopic (exact) mass is 397 g/mol. The Kier molecular flexibility index (Phi) is 10.1. The van der Waals surface area contributed by atoms with Crippen molar-refractivity contribution in [1.29, 1.82) is 0 Å². The normalized spacial score (nSPS) is 15.9. The molecule has 1 rings (SSSR count). The van der Waals surface area contributed by atoms with Crippen molar-refractivity contribution in [2.45, 2.75) is 59.5 Å². The second-order valence-electron chi connectivity index (χ2n) is 8.20. The van der Waals surface area contributed by atoms with Gasteiger partial charge in [-0.05, 0) is 52.9 Å². The van der Waals surface area contributed by atoms with Gasteiger partial charge in [-0.2, -0.15) is 0 Å². The number of nitrogens with one attached hydrogen (secondary N) is 2. The quantitative estimate of drug-likeness (QED) is 0.507. The van der Waals surface area contributed by atoms with Crippen molar-refractivity contribution in [1.82, 2.24) is 20.4 Å². The summed E-state index contributed by atoms with van der Waals surface area (Å²) >= 11 is 0. The first kappa shape index (κ1) is 24.0. The predicted octanol–water partition coefficient (Wildman–Crippen LogP) is 2.06. The van der Waals surface area contributed by atoms with Gasteiger partial charge in [0, 0.05) is 39.8 Å². The third-order valence-corrected chi connectivity index (χ3v) is 4.62. The summed E-state index contributed by atoms with van der Waals surface area (Å²) < 4.78 is 5.50. The Morgan fingerprint density at radius 2 is 1.82 bits per heavy atom. The molecule has 0 unspecified atom stereocenters. The fraction of sp³-hybridized carbons (Fsp3) is 0.850. The fourth-order valence-electron chi connectivity index (χ4n) is 3.12. The maximum atomic E-state index is 12.3. The first-order chi connectivity index (χ1) is 13.2. The van der Waals surface area contributed by atoms with Gasteiger partial charge < -0.3 is 25.2 Å². The van der Waals surface area contributed by atoms with E-state index in [9.17, 15) is 9.59 Å². The van der Waals surface area contributed by atoms with Crippen LogP contribution in [0.4, 0.5) is 4.79 Å². The molecule has 0 radical (unpaired) electrons. The minimum absolute atomic E-state index is 0.0196. The third kappa shape index (κ3) is 8.80. The van der Waals surface area contributed by atoms with E-state index in [1.54, 1.807) is 11.9 Å². The number of ether oxygens (including phenoxy) is 1. The van der Waals surface area contributed by atoms with Crippen LogP contribution in [0.2, 0.25) is 0 Å². The van der Waals surface area contributed by atoms with E-state index in [0.717, 1.165) is 38.3 Å². The molecule has 0 aromatic rings. The van der Waals surface area contributed by atoms with E-state index < -0.39 is 5.60 Å². The van der Waals surface area contributed by atoms with Gasteiger partial charge in [0.2, 0.25) is 5.91 Å². The summed E-state index contributed by atoms with van der Waals surface area (Å²) in [5.41, 5.74) is -0.477. The molecule has 1 aliphatic rings. The summed E-state index contributed by atoms with van der Waals surface area (Å²) in [6.45, 7) is 13.7. The summed E-state index contributed by atoms with van der Waals surface area (Å²) in [4.78, 5) is 32.4. The average Bonchev–Trinajstić information content (AvgIpc) is 2.64. The van der Waals surface area contributed by atoms with E-state index in [2.05, 4.69) is 20.5 Å². The van der Waals surface area contributed by atoms with Gasteiger partial charge in [0.15, 0.2) is 5.96 Å². The minimum atomic E-state index is -0.477. The van der Waals surface area contributed by atoms with Crippen LogP contribution in [0.3, 0.4) is 0 Å². The number of rotatable bonds is 7. The molecule has 0 aliphatic carbocycles. The molecule has 28 heavy (non-hydrogen) atoms. The highest BCUT2D eigenvalue weighted by Gasteiger charge is 2.27. The highest BCUT2D eigenvalue weighted by atomic mass is 16.6. The Balaban J connectivity index is 2.45. The smallest absolute Gasteiger partial charge is 0.410 e. The first-order valence-corrected chi connectivity index (χ1v) is 10.4. The molecule has 1 fully saturated rings. The van der Waals surface area contributed by atoms with Crippen LogP contribution in [-0.2, 0) is 9.53 Å². The lowest BCUT2D eigenvalue weighted by Crippen LogP contribution is -2.49. The van der Waals surface area contributed by atoms with Gasteiger partial charge in [0.25, 0.3) is 0 Å². The number of carbonyl (C=O) groups is 2. The molecule has 2 amide bonds. The molecule has 1 heterocycles. The van der Waals surface area contributed by atoms with Crippen LogP contribution in [0.1, 0.15) is 53.9 Å². The Labute approximate surface area is 170 Å². The van der Waals surface area contributed by atoms with Gasteiger partial charge in [-0.3, -0.25) is 9.79 Å². The van der Waals surface area contributed by atoms with Crippen molar-refractivity contribution in [2.24, 2.45) is 10.9 Å². The predicted molar refractivity (Wildman–Crippen MR) is 112 cm³/mol. The van der Waals surface area contributed by atoms with Gasteiger partial charge in [0.05, 0.1) is 6.54 Å². The van der Waals surface area contributed by atoms with Gasteiger partial charge in [-0.1, -0.05) is 6.92 Å². The van der Waals surface area contributed by atoms with Gasteiger partial charge in [-0.15, -0.1) is 0 Å². The minimum Gasteiger partial charge on any atom is -0.444 e. The average molecular weight is 398 g/mol. The summed E-state index contributed by atoms with van der Waals surface area (Å²) in [7, 11) is 1.74. The zero-order chi connectivity index (χ0) is 21.2. The highest BCUT2D eigenvalue weighted by molar-refractivity contribution is 5.86. The van der Waals surface area contributed by atoms with Crippen molar-refractivity contribution in [2.75, 3.05) is 46.3 Å². The molecule has 0 atom stereocenters. The molecule has 0 aromatic carbocycles. The van der Waals surface area contributed by atoms with Crippen LogP contribution in [0.25, 0.3) is 0 Å². The second-order valence-corrected chi connectivity index (χ2v) is 8.20. The molecular formula is C20H39N5O3. The van der Waals surface area contributed by atoms with Gasteiger partial charge in [0.1, 0.15) is 5.60 Å². The molecule has 1 aliphatic heterocycles. The number of piperidine rings is 1. The van der Waals surface area contributed by atoms with Crippen molar-refractivity contribution in [3.05, 3.63) is 0 Å². The van der Waals surface area contributed by atoms with Crippen LogP contribution in [-0.4, -0.2) is 79.7 Å². The topological polar surface area (TPSA) is 86.3 Å². The zero-order valence-corrected chi connectivity index (χ0v) is 18.5. The van der Waals surface area contributed by atoms with Crippen molar-refractivity contribution >= 4 is 18.0 Å². The Hall–Kier alpha value is -1.99. The van der Waals surface area contributed by atoms with Crippen molar-refractivity contribution in [3.8, 4) is 0 Å². The lowest BCUT2D eigenvalue weighted by molar-refractivity contribution is -0.120. The number of likely N-dealkylation sites (tertiary alicyclic amines) is 1. The van der Waals surface area contributed by atoms with Crippen LogP contribution in [0.5, 0.6) is 0 Å². The number of aliphatic imine (C=N–C) groups is 1. The van der Waals surface area contributed by atoms with E-state index in [1.165, 1.54) is 0 Å². The molecule has 162 valence electrons. The lowest BCUT2D eigenvalue weighted by Gasteiger charge is -2.36. The first-order valence-electron chi connectivity index (χ1n) is 10.4. The Morgan fingerprint density at radius 1 is 1.18 bits per heavy atom. The van der Waals surface area contributed by atoms with Gasteiger partial charge in [-0.25, -0.2) is 4.79 Å². The third-order valence-electron chi connectivity index (χ3n) is 4.62. The zero-order valence-electron chi connectivity index (χ0n) is 18.5.